The summed E-state index contributed by atoms with van der Waals surface area (Å²) in [4.78, 5) is 22.8. The van der Waals surface area contributed by atoms with Gasteiger partial charge in [-0.1, -0.05) is 23.7 Å². The fourth-order valence-electron chi connectivity index (χ4n) is 2.95. The smallest absolute Gasteiger partial charge is 0.246 e. The highest BCUT2D eigenvalue weighted by Crippen LogP contribution is 2.18. The van der Waals surface area contributed by atoms with E-state index in [0.717, 1.165) is 24.1 Å². The van der Waals surface area contributed by atoms with Gasteiger partial charge < -0.3 is 9.64 Å². The van der Waals surface area contributed by atoms with Gasteiger partial charge in [0, 0.05) is 48.8 Å². The molecule has 0 unspecified atom stereocenters. The molecule has 5 nitrogen and oxygen atoms in total. The summed E-state index contributed by atoms with van der Waals surface area (Å²) in [7, 11) is 0. The van der Waals surface area contributed by atoms with Gasteiger partial charge in [-0.15, -0.1) is 0 Å². The molecule has 0 spiro atoms. The first kappa shape index (κ1) is 18.4. The topological polar surface area (TPSA) is 55.3 Å². The fraction of sp³-hybridized carbons (Fsp3) is 0.350. The van der Waals surface area contributed by atoms with Gasteiger partial charge in [0.25, 0.3) is 0 Å². The predicted molar refractivity (Wildman–Crippen MR) is 102 cm³/mol. The summed E-state index contributed by atoms with van der Waals surface area (Å²) in [6.45, 7) is 5.14. The van der Waals surface area contributed by atoms with Crippen LogP contribution in [0.3, 0.4) is 0 Å². The Morgan fingerprint density at radius 1 is 1.19 bits per heavy atom. The van der Waals surface area contributed by atoms with Crippen molar-refractivity contribution < 1.29 is 9.53 Å². The fourth-order valence-corrected chi connectivity index (χ4v) is 3.08. The molecule has 1 aliphatic rings. The van der Waals surface area contributed by atoms with E-state index in [0.29, 0.717) is 29.8 Å². The molecule has 0 atom stereocenters. The van der Waals surface area contributed by atoms with E-state index in [4.69, 9.17) is 16.3 Å². The first-order chi connectivity index (χ1) is 12.5. The van der Waals surface area contributed by atoms with Gasteiger partial charge in [0.15, 0.2) is 0 Å². The Hall–Kier alpha value is -2.40. The van der Waals surface area contributed by atoms with Crippen LogP contribution in [0.4, 0.5) is 0 Å². The maximum atomic E-state index is 12.3. The minimum Gasteiger partial charge on any atom is -0.474 e. The minimum absolute atomic E-state index is 0.0205. The van der Waals surface area contributed by atoms with Crippen LogP contribution in [0.2, 0.25) is 5.02 Å². The highest BCUT2D eigenvalue weighted by molar-refractivity contribution is 6.30. The summed E-state index contributed by atoms with van der Waals surface area (Å²) in [5.74, 6) is 1.34. The van der Waals surface area contributed by atoms with Crippen molar-refractivity contribution >= 4 is 23.6 Å². The Balaban J connectivity index is 1.51. The number of nitrogens with zero attached hydrogens (tertiary/aromatic N) is 3. The van der Waals surface area contributed by atoms with Gasteiger partial charge >= 0.3 is 0 Å². The largest absolute Gasteiger partial charge is 0.474 e. The third kappa shape index (κ3) is 5.05. The molecular formula is C20H22ClN3O2. The Bertz CT molecular complexity index is 777. The zero-order chi connectivity index (χ0) is 18.5. The summed E-state index contributed by atoms with van der Waals surface area (Å²) >= 11 is 5.87. The Morgan fingerprint density at radius 2 is 1.88 bits per heavy atom. The van der Waals surface area contributed by atoms with Crippen LogP contribution in [-0.4, -0.2) is 40.0 Å². The van der Waals surface area contributed by atoms with E-state index in [9.17, 15) is 4.79 Å². The maximum absolute atomic E-state index is 12.3. The average molecular weight is 372 g/mol. The van der Waals surface area contributed by atoms with Crippen LogP contribution < -0.4 is 4.74 Å². The lowest BCUT2D eigenvalue weighted by atomic mass is 10.1. The number of hydrogen-bond acceptors (Lipinski definition) is 4. The lowest BCUT2D eigenvalue weighted by Gasteiger charge is -2.31. The van der Waals surface area contributed by atoms with Crippen LogP contribution >= 0.6 is 11.6 Å². The second-order valence-electron chi connectivity index (χ2n) is 6.42. The summed E-state index contributed by atoms with van der Waals surface area (Å²) in [6, 6.07) is 9.24. The monoisotopic (exact) mass is 371 g/mol. The molecule has 26 heavy (non-hydrogen) atoms. The van der Waals surface area contributed by atoms with Gasteiger partial charge in [-0.2, -0.15) is 4.98 Å². The lowest BCUT2D eigenvalue weighted by molar-refractivity contribution is -0.127. The molecule has 0 bridgehead atoms. The van der Waals surface area contributed by atoms with Crippen LogP contribution in [0, 0.1) is 13.8 Å². The summed E-state index contributed by atoms with van der Waals surface area (Å²) in [5.41, 5.74) is 1.85. The first-order valence-corrected chi connectivity index (χ1v) is 9.09. The van der Waals surface area contributed by atoms with E-state index in [1.54, 1.807) is 6.08 Å². The SMILES string of the molecule is Cc1cc(OC2CCN(C(=O)/C=C/c3ccc(Cl)cc3)CC2)nc(C)n1. The molecule has 6 heteroatoms. The van der Waals surface area contributed by atoms with E-state index >= 15 is 0 Å². The number of halogens is 1. The number of piperidine rings is 1. The van der Waals surface area contributed by atoms with E-state index in [1.165, 1.54) is 0 Å². The molecule has 0 saturated carbocycles. The average Bonchev–Trinajstić information content (AvgIpc) is 2.61. The number of likely N-dealkylation sites (tertiary alicyclic amines) is 1. The molecule has 1 aromatic carbocycles. The Kier molecular flexibility index (Phi) is 5.89. The van der Waals surface area contributed by atoms with Crippen LogP contribution in [0.25, 0.3) is 6.08 Å². The zero-order valence-electron chi connectivity index (χ0n) is 15.0. The predicted octanol–water partition coefficient (Wildman–Crippen LogP) is 3.83. The number of amides is 1. The van der Waals surface area contributed by atoms with Crippen molar-refractivity contribution in [2.24, 2.45) is 0 Å². The number of carbonyl (C=O) groups is 1. The molecule has 0 aliphatic carbocycles. The molecular weight excluding hydrogens is 350 g/mol. The van der Waals surface area contributed by atoms with E-state index in [-0.39, 0.29) is 12.0 Å². The second kappa shape index (κ2) is 8.32. The summed E-state index contributed by atoms with van der Waals surface area (Å²) in [5, 5.41) is 0.685. The molecule has 0 radical (unpaired) electrons. The zero-order valence-corrected chi connectivity index (χ0v) is 15.7. The number of carbonyl (C=O) groups excluding carboxylic acids is 1. The van der Waals surface area contributed by atoms with Gasteiger partial charge in [-0.25, -0.2) is 4.98 Å². The number of ether oxygens (including phenoxy) is 1. The number of aromatic nitrogens is 2. The lowest BCUT2D eigenvalue weighted by Crippen LogP contribution is -2.41. The molecule has 2 heterocycles. The van der Waals surface area contributed by atoms with Crippen LogP contribution in [0.5, 0.6) is 5.88 Å². The standard InChI is InChI=1S/C20H22ClN3O2/c1-14-13-19(23-15(2)22-14)26-18-9-11-24(12-10-18)20(25)8-5-16-3-6-17(21)7-4-16/h3-8,13,18H,9-12H2,1-2H3/b8-5+. The van der Waals surface area contributed by atoms with Gasteiger partial charge in [0.2, 0.25) is 11.8 Å². The van der Waals surface area contributed by atoms with Crippen molar-refractivity contribution in [3.8, 4) is 5.88 Å². The van der Waals surface area contributed by atoms with Gasteiger partial charge in [0.05, 0.1) is 0 Å². The molecule has 2 aromatic rings. The van der Waals surface area contributed by atoms with Crippen LogP contribution in [-0.2, 0) is 4.79 Å². The van der Waals surface area contributed by atoms with Crippen molar-refractivity contribution in [1.29, 1.82) is 0 Å². The van der Waals surface area contributed by atoms with Crippen molar-refractivity contribution in [3.63, 3.8) is 0 Å². The highest BCUT2D eigenvalue weighted by atomic mass is 35.5. The second-order valence-corrected chi connectivity index (χ2v) is 6.86. The molecule has 1 saturated heterocycles. The highest BCUT2D eigenvalue weighted by Gasteiger charge is 2.23. The van der Waals surface area contributed by atoms with Crippen LogP contribution in [0.15, 0.2) is 36.4 Å². The molecule has 1 fully saturated rings. The molecule has 1 amide bonds. The van der Waals surface area contributed by atoms with Gasteiger partial charge in [0.1, 0.15) is 11.9 Å². The molecule has 1 aromatic heterocycles. The summed E-state index contributed by atoms with van der Waals surface area (Å²) < 4.78 is 5.97. The normalized spacial score (nSPS) is 15.4. The number of aryl methyl sites for hydroxylation is 2. The van der Waals surface area contributed by atoms with Crippen molar-refractivity contribution in [3.05, 3.63) is 58.5 Å². The quantitative estimate of drug-likeness (QED) is 0.766. The number of benzene rings is 1. The maximum Gasteiger partial charge on any atom is 0.246 e. The molecule has 0 N–H and O–H groups in total. The Morgan fingerprint density at radius 3 is 2.54 bits per heavy atom. The van der Waals surface area contributed by atoms with Crippen molar-refractivity contribution in [2.45, 2.75) is 32.8 Å². The third-order valence-electron chi connectivity index (χ3n) is 4.27. The molecule has 1 aliphatic heterocycles. The summed E-state index contributed by atoms with van der Waals surface area (Å²) in [6.07, 6.45) is 5.09. The van der Waals surface area contributed by atoms with Crippen molar-refractivity contribution in [1.82, 2.24) is 14.9 Å². The van der Waals surface area contributed by atoms with E-state index in [1.807, 2.05) is 55.2 Å². The van der Waals surface area contributed by atoms with E-state index in [2.05, 4.69) is 9.97 Å². The van der Waals surface area contributed by atoms with Gasteiger partial charge in [-0.05, 0) is 37.6 Å². The Labute approximate surface area is 158 Å². The van der Waals surface area contributed by atoms with Crippen LogP contribution in [0.1, 0.15) is 29.9 Å². The molecule has 136 valence electrons. The third-order valence-corrected chi connectivity index (χ3v) is 4.52. The van der Waals surface area contributed by atoms with Crippen molar-refractivity contribution in [2.75, 3.05) is 13.1 Å². The first-order valence-electron chi connectivity index (χ1n) is 8.71. The van der Waals surface area contributed by atoms with E-state index < -0.39 is 0 Å². The minimum atomic E-state index is 0.0205. The number of rotatable bonds is 4. The number of hydrogen-bond donors (Lipinski definition) is 0. The molecule has 3 rings (SSSR count). The van der Waals surface area contributed by atoms with Gasteiger partial charge in [-0.3, -0.25) is 4.79 Å².